The van der Waals surface area contributed by atoms with Gasteiger partial charge in [0.1, 0.15) is 0 Å². The van der Waals surface area contributed by atoms with Gasteiger partial charge in [-0.25, -0.2) is 0 Å². The molecule has 0 bridgehead atoms. The van der Waals surface area contributed by atoms with Gasteiger partial charge in [-0.1, -0.05) is 0 Å². The van der Waals surface area contributed by atoms with Crippen molar-refractivity contribution in [1.29, 1.82) is 0 Å². The van der Waals surface area contributed by atoms with Crippen molar-refractivity contribution in [3.05, 3.63) is 0 Å². The van der Waals surface area contributed by atoms with Crippen LogP contribution in [0.2, 0.25) is 3.71 Å². The Bertz CT molecular complexity index is 44.1. The zero-order valence-electron chi connectivity index (χ0n) is 3.19. The van der Waals surface area contributed by atoms with Gasteiger partial charge < -0.3 is 0 Å². The summed E-state index contributed by atoms with van der Waals surface area (Å²) in [5.74, 6) is 0. The van der Waals surface area contributed by atoms with Gasteiger partial charge in [0.15, 0.2) is 0 Å². The van der Waals surface area contributed by atoms with E-state index in [1.807, 2.05) is 0 Å². The van der Waals surface area contributed by atoms with Gasteiger partial charge in [-0.15, -0.1) is 0 Å². The number of hydrogen-bond acceptors (Lipinski definition) is 0. The predicted octanol–water partition coefficient (Wildman–Crippen LogP) is 0.429. The average Bonchev–Trinajstić information content (AvgIpc) is 2.21. The summed E-state index contributed by atoms with van der Waals surface area (Å²) >= 11 is 1.83. The Morgan fingerprint density at radius 3 is 2.33 bits per heavy atom. The molecule has 1 heterocycles. The molecule has 0 aromatic heterocycles. The van der Waals surface area contributed by atoms with Gasteiger partial charge in [-0.3, -0.25) is 0 Å². The Kier molecular flexibility index (Phi) is 1.98. The summed E-state index contributed by atoms with van der Waals surface area (Å²) in [6.45, 7) is -0.0752. The van der Waals surface area contributed by atoms with Crippen LogP contribution in [-0.2, 0) is 0 Å². The van der Waals surface area contributed by atoms with E-state index < -0.39 is 0 Å². The normalized spacial score (nSPS) is 21.5. The van der Waals surface area contributed by atoms with Crippen LogP contribution in [0.5, 0.6) is 0 Å². The predicted molar refractivity (Wildman–Crippen MR) is 25.8 cm³/mol. The topological polar surface area (TPSA) is 0 Å². The quantitative estimate of drug-likeness (QED) is 0.589. The first-order chi connectivity index (χ1) is 2.93. The zero-order chi connectivity index (χ0) is 4.41. The van der Waals surface area contributed by atoms with Crippen molar-refractivity contribution in [2.75, 3.05) is 6.67 Å². The minimum absolute atomic E-state index is 0.0752. The second-order valence-electron chi connectivity index (χ2n) is 1.10. The van der Waals surface area contributed by atoms with E-state index in [0.717, 1.165) is 36.4 Å². The van der Waals surface area contributed by atoms with E-state index in [9.17, 15) is 4.39 Å². The maximum atomic E-state index is 11.3. The molecule has 0 unspecified atom stereocenters. The molecule has 6 heavy (non-hydrogen) atoms. The van der Waals surface area contributed by atoms with Gasteiger partial charge in [-0.05, 0) is 0 Å². The van der Waals surface area contributed by atoms with Crippen LogP contribution in [0.4, 0.5) is 4.39 Å². The van der Waals surface area contributed by atoms with Gasteiger partial charge in [0.2, 0.25) is 0 Å². The van der Waals surface area contributed by atoms with Gasteiger partial charge in [0.05, 0.1) is 0 Å². The molecule has 1 saturated heterocycles. The molecule has 0 aromatic carbocycles. The summed E-state index contributed by atoms with van der Waals surface area (Å²) in [6.07, 6.45) is 0.875. The maximum absolute atomic E-state index is 11.3. The molecule has 1 fully saturated rings. The van der Waals surface area contributed by atoms with Crippen molar-refractivity contribution in [2.24, 2.45) is 0 Å². The van der Waals surface area contributed by atoms with Crippen LogP contribution in [0.25, 0.3) is 0 Å². The molecule has 0 amide bonds. The number of alkyl halides is 1. The van der Waals surface area contributed by atoms with Crippen molar-refractivity contribution in [3.63, 3.8) is 0 Å². The first-order valence-corrected chi connectivity index (χ1v) is 8.12. The standard InChI is InChI=1S/C3H5FSe2/c4-2-1-3-5-6-3/h3H,1-2H2. The molecule has 3 heteroatoms. The van der Waals surface area contributed by atoms with Crippen molar-refractivity contribution in [2.45, 2.75) is 10.1 Å². The Balaban J connectivity index is 1.88. The fraction of sp³-hybridized carbons (Fsp3) is 1.00. The summed E-state index contributed by atoms with van der Waals surface area (Å²) < 4.78 is 12.2. The summed E-state index contributed by atoms with van der Waals surface area (Å²) in [7, 11) is 0. The number of rotatable bonds is 2. The van der Waals surface area contributed by atoms with Crippen LogP contribution >= 0.6 is 0 Å². The SMILES string of the molecule is FCCC1[Se][Se]1. The average molecular weight is 218 g/mol. The van der Waals surface area contributed by atoms with Crippen LogP contribution in [0, 0.1) is 0 Å². The molecule has 1 aliphatic heterocycles. The third-order valence-electron chi connectivity index (χ3n) is 0.577. The van der Waals surface area contributed by atoms with Crippen molar-refractivity contribution >= 4 is 26.3 Å². The molecule has 1 rings (SSSR count). The van der Waals surface area contributed by atoms with E-state index in [1.165, 1.54) is 0 Å². The van der Waals surface area contributed by atoms with E-state index in [0.29, 0.717) is 0 Å². The summed E-state index contributed by atoms with van der Waals surface area (Å²) in [4.78, 5) is 0. The summed E-state index contributed by atoms with van der Waals surface area (Å²) in [5.41, 5.74) is 0. The van der Waals surface area contributed by atoms with Crippen LogP contribution < -0.4 is 0 Å². The molecule has 0 saturated carbocycles. The number of hydrogen-bond donors (Lipinski definition) is 0. The number of halogens is 1. The monoisotopic (exact) mass is 220 g/mol. The minimum atomic E-state index is -0.0752. The van der Waals surface area contributed by atoms with Gasteiger partial charge in [0.25, 0.3) is 0 Å². The van der Waals surface area contributed by atoms with Crippen molar-refractivity contribution in [3.8, 4) is 0 Å². The zero-order valence-corrected chi connectivity index (χ0v) is 6.61. The molecule has 0 aliphatic carbocycles. The van der Waals surface area contributed by atoms with Crippen molar-refractivity contribution < 1.29 is 4.39 Å². The molecular weight excluding hydrogens is 213 g/mol. The van der Waals surface area contributed by atoms with Gasteiger partial charge >= 0.3 is 47.5 Å². The van der Waals surface area contributed by atoms with Gasteiger partial charge in [0, 0.05) is 0 Å². The fourth-order valence-corrected chi connectivity index (χ4v) is 4.12. The summed E-state index contributed by atoms with van der Waals surface area (Å²) in [6, 6.07) is 0. The van der Waals surface area contributed by atoms with E-state index >= 15 is 0 Å². The molecule has 36 valence electrons. The molecule has 1 aliphatic rings. The van der Waals surface area contributed by atoms with Crippen LogP contribution in [-0.4, -0.2) is 32.9 Å². The first kappa shape index (κ1) is 5.11. The third kappa shape index (κ3) is 1.61. The second kappa shape index (κ2) is 2.32. The van der Waals surface area contributed by atoms with E-state index in [4.69, 9.17) is 0 Å². The first-order valence-electron chi connectivity index (χ1n) is 1.81. The molecule has 0 atom stereocenters. The van der Waals surface area contributed by atoms with E-state index in [-0.39, 0.29) is 6.67 Å². The summed E-state index contributed by atoms with van der Waals surface area (Å²) in [5, 5.41) is 0. The Morgan fingerprint density at radius 1 is 1.50 bits per heavy atom. The second-order valence-corrected chi connectivity index (χ2v) is 10.0. The molecule has 0 nitrogen and oxygen atoms in total. The van der Waals surface area contributed by atoms with Crippen molar-refractivity contribution in [1.82, 2.24) is 0 Å². The molecule has 0 aromatic rings. The molecule has 0 N–H and O–H groups in total. The Hall–Kier alpha value is 0.969. The van der Waals surface area contributed by atoms with Crippen LogP contribution in [0.3, 0.4) is 0 Å². The van der Waals surface area contributed by atoms with E-state index in [2.05, 4.69) is 0 Å². The van der Waals surface area contributed by atoms with Gasteiger partial charge in [-0.2, -0.15) is 0 Å². The van der Waals surface area contributed by atoms with E-state index in [1.54, 1.807) is 0 Å². The fourth-order valence-electron chi connectivity index (χ4n) is 0.225. The van der Waals surface area contributed by atoms with Crippen LogP contribution in [0.15, 0.2) is 0 Å². The molecular formula is C3H5FSe2. The molecule has 0 radical (unpaired) electrons. The third-order valence-corrected chi connectivity index (χ3v) is 7.61. The Labute approximate surface area is 47.7 Å². The Morgan fingerprint density at radius 2 is 2.17 bits per heavy atom. The molecule has 0 spiro atoms. The van der Waals surface area contributed by atoms with Crippen LogP contribution in [0.1, 0.15) is 6.42 Å².